The summed E-state index contributed by atoms with van der Waals surface area (Å²) in [7, 11) is 0. The van der Waals surface area contributed by atoms with Crippen LogP contribution in [0.15, 0.2) is 18.2 Å². The topological polar surface area (TPSA) is 23.8 Å². The molecular formula is C11H10FN. The Bertz CT molecular complexity index is 363. The van der Waals surface area contributed by atoms with E-state index in [1.165, 1.54) is 18.2 Å². The second-order valence-electron chi connectivity index (χ2n) is 2.92. The molecular weight excluding hydrogens is 165 g/mol. The number of hydrogen-bond donors (Lipinski definition) is 0. The summed E-state index contributed by atoms with van der Waals surface area (Å²) in [6.45, 7) is 3.65. The zero-order chi connectivity index (χ0) is 9.84. The fourth-order valence-electron chi connectivity index (χ4n) is 1.31. The van der Waals surface area contributed by atoms with Gasteiger partial charge < -0.3 is 0 Å². The lowest BCUT2D eigenvalue weighted by atomic mass is 10.0. The monoisotopic (exact) mass is 175 g/mol. The molecule has 0 atom stereocenters. The van der Waals surface area contributed by atoms with Gasteiger partial charge in [0.1, 0.15) is 5.82 Å². The minimum atomic E-state index is -0.232. The lowest BCUT2D eigenvalue weighted by Gasteiger charge is -2.04. The van der Waals surface area contributed by atoms with Crippen LogP contribution in [0.25, 0.3) is 6.08 Å². The number of nitrogens with zero attached hydrogens (tertiary/aromatic N) is 1. The van der Waals surface area contributed by atoms with Crippen molar-refractivity contribution in [2.45, 2.75) is 13.8 Å². The van der Waals surface area contributed by atoms with Crippen molar-refractivity contribution in [1.82, 2.24) is 0 Å². The fourth-order valence-corrected chi connectivity index (χ4v) is 1.31. The van der Waals surface area contributed by atoms with Crippen molar-refractivity contribution in [3.63, 3.8) is 0 Å². The molecule has 0 saturated carbocycles. The molecule has 0 aliphatic heterocycles. The standard InChI is InChI=1S/C11H10FN/c1-8-6-10(12)7-9(2)11(8)4-3-5-13/h3-4,6-7H,1-2H3. The van der Waals surface area contributed by atoms with E-state index in [9.17, 15) is 4.39 Å². The van der Waals surface area contributed by atoms with Gasteiger partial charge in [-0.05, 0) is 48.7 Å². The maximum atomic E-state index is 12.8. The van der Waals surface area contributed by atoms with Gasteiger partial charge in [-0.1, -0.05) is 0 Å². The van der Waals surface area contributed by atoms with Crippen molar-refractivity contribution >= 4 is 6.08 Å². The summed E-state index contributed by atoms with van der Waals surface area (Å²) in [6, 6.07) is 4.84. The van der Waals surface area contributed by atoms with Gasteiger partial charge in [-0.15, -0.1) is 0 Å². The SMILES string of the molecule is Cc1cc(F)cc(C)c1C=CC#N. The predicted octanol–water partition coefficient (Wildman–Crippen LogP) is 2.98. The molecule has 0 radical (unpaired) electrons. The van der Waals surface area contributed by atoms with Crippen LogP contribution in [0.1, 0.15) is 16.7 Å². The largest absolute Gasteiger partial charge is 0.207 e. The minimum Gasteiger partial charge on any atom is -0.207 e. The highest BCUT2D eigenvalue weighted by atomic mass is 19.1. The first-order chi connectivity index (χ1) is 6.15. The first kappa shape index (κ1) is 9.47. The van der Waals surface area contributed by atoms with Gasteiger partial charge in [-0.25, -0.2) is 4.39 Å². The Morgan fingerprint density at radius 1 is 1.31 bits per heavy atom. The predicted molar refractivity (Wildman–Crippen MR) is 50.5 cm³/mol. The van der Waals surface area contributed by atoms with Gasteiger partial charge in [-0.3, -0.25) is 0 Å². The number of allylic oxidation sites excluding steroid dienone is 1. The van der Waals surface area contributed by atoms with Gasteiger partial charge in [0.05, 0.1) is 6.07 Å². The van der Waals surface area contributed by atoms with Gasteiger partial charge in [0, 0.05) is 6.08 Å². The molecule has 0 N–H and O–H groups in total. The second kappa shape index (κ2) is 3.86. The first-order valence-electron chi connectivity index (χ1n) is 3.98. The fraction of sp³-hybridized carbons (Fsp3) is 0.182. The van der Waals surface area contributed by atoms with E-state index in [1.807, 2.05) is 19.9 Å². The third-order valence-corrected chi connectivity index (χ3v) is 1.88. The van der Waals surface area contributed by atoms with Crippen LogP contribution in [0.4, 0.5) is 4.39 Å². The van der Waals surface area contributed by atoms with Crippen molar-refractivity contribution in [1.29, 1.82) is 5.26 Å². The first-order valence-corrected chi connectivity index (χ1v) is 3.98. The highest BCUT2D eigenvalue weighted by molar-refractivity contribution is 5.59. The molecule has 0 aliphatic rings. The smallest absolute Gasteiger partial charge is 0.123 e. The molecule has 0 aromatic heterocycles. The van der Waals surface area contributed by atoms with Crippen molar-refractivity contribution in [2.24, 2.45) is 0 Å². The van der Waals surface area contributed by atoms with Gasteiger partial charge in [0.25, 0.3) is 0 Å². The number of benzene rings is 1. The Morgan fingerprint density at radius 3 is 2.31 bits per heavy atom. The van der Waals surface area contributed by atoms with Crippen LogP contribution in [0.3, 0.4) is 0 Å². The summed E-state index contributed by atoms with van der Waals surface area (Å²) in [5, 5.41) is 8.35. The van der Waals surface area contributed by atoms with Gasteiger partial charge in [0.2, 0.25) is 0 Å². The normalized spacial score (nSPS) is 10.3. The molecule has 0 fully saturated rings. The molecule has 66 valence electrons. The average molecular weight is 175 g/mol. The number of nitriles is 1. The van der Waals surface area contributed by atoms with E-state index in [0.717, 1.165) is 16.7 Å². The van der Waals surface area contributed by atoms with E-state index in [4.69, 9.17) is 5.26 Å². The van der Waals surface area contributed by atoms with Crippen LogP contribution in [0, 0.1) is 31.0 Å². The van der Waals surface area contributed by atoms with E-state index in [2.05, 4.69) is 0 Å². The zero-order valence-corrected chi connectivity index (χ0v) is 7.63. The Kier molecular flexibility index (Phi) is 2.81. The maximum absolute atomic E-state index is 12.8. The van der Waals surface area contributed by atoms with Crippen LogP contribution in [0.5, 0.6) is 0 Å². The Hall–Kier alpha value is -1.62. The maximum Gasteiger partial charge on any atom is 0.123 e. The van der Waals surface area contributed by atoms with Crippen molar-refractivity contribution in [2.75, 3.05) is 0 Å². The molecule has 1 rings (SSSR count). The molecule has 0 amide bonds. The summed E-state index contributed by atoms with van der Waals surface area (Å²) < 4.78 is 12.8. The molecule has 0 spiro atoms. The molecule has 13 heavy (non-hydrogen) atoms. The van der Waals surface area contributed by atoms with E-state index in [-0.39, 0.29) is 5.82 Å². The second-order valence-corrected chi connectivity index (χ2v) is 2.92. The minimum absolute atomic E-state index is 0.232. The lowest BCUT2D eigenvalue weighted by Crippen LogP contribution is -1.88. The van der Waals surface area contributed by atoms with E-state index < -0.39 is 0 Å². The van der Waals surface area contributed by atoms with Gasteiger partial charge in [-0.2, -0.15) is 5.26 Å². The highest BCUT2D eigenvalue weighted by Gasteiger charge is 2.01. The Balaban J connectivity index is 3.22. The third-order valence-electron chi connectivity index (χ3n) is 1.88. The van der Waals surface area contributed by atoms with Crippen LogP contribution >= 0.6 is 0 Å². The van der Waals surface area contributed by atoms with E-state index >= 15 is 0 Å². The number of aryl methyl sites for hydroxylation is 2. The van der Waals surface area contributed by atoms with Crippen molar-refractivity contribution in [3.05, 3.63) is 40.7 Å². The van der Waals surface area contributed by atoms with Crippen LogP contribution in [-0.2, 0) is 0 Å². The summed E-state index contributed by atoms with van der Waals surface area (Å²) in [6.07, 6.45) is 3.09. The quantitative estimate of drug-likeness (QED) is 0.602. The van der Waals surface area contributed by atoms with Crippen molar-refractivity contribution < 1.29 is 4.39 Å². The Labute approximate surface area is 77.1 Å². The van der Waals surface area contributed by atoms with Gasteiger partial charge in [0.15, 0.2) is 0 Å². The molecule has 1 aromatic carbocycles. The molecule has 0 heterocycles. The molecule has 0 unspecified atom stereocenters. The number of hydrogen-bond acceptors (Lipinski definition) is 1. The number of halogens is 1. The lowest BCUT2D eigenvalue weighted by molar-refractivity contribution is 0.625. The van der Waals surface area contributed by atoms with E-state index in [0.29, 0.717) is 0 Å². The van der Waals surface area contributed by atoms with Crippen LogP contribution in [-0.4, -0.2) is 0 Å². The molecule has 0 aliphatic carbocycles. The van der Waals surface area contributed by atoms with Gasteiger partial charge >= 0.3 is 0 Å². The summed E-state index contributed by atoms with van der Waals surface area (Å²) in [4.78, 5) is 0. The summed E-state index contributed by atoms with van der Waals surface area (Å²) in [5.74, 6) is -0.232. The molecule has 0 saturated heterocycles. The third kappa shape index (κ3) is 2.16. The average Bonchev–Trinajstić information content (AvgIpc) is 2.02. The molecule has 2 heteroatoms. The summed E-state index contributed by atoms with van der Waals surface area (Å²) in [5.41, 5.74) is 2.62. The highest BCUT2D eigenvalue weighted by Crippen LogP contribution is 2.17. The van der Waals surface area contributed by atoms with Crippen LogP contribution in [0.2, 0.25) is 0 Å². The molecule has 0 bridgehead atoms. The van der Waals surface area contributed by atoms with Crippen molar-refractivity contribution in [3.8, 4) is 6.07 Å². The molecule has 1 aromatic rings. The Morgan fingerprint density at radius 2 is 1.85 bits per heavy atom. The number of rotatable bonds is 1. The van der Waals surface area contributed by atoms with Crippen LogP contribution < -0.4 is 0 Å². The molecule has 1 nitrogen and oxygen atoms in total. The van der Waals surface area contributed by atoms with E-state index in [1.54, 1.807) is 6.08 Å². The summed E-state index contributed by atoms with van der Waals surface area (Å²) >= 11 is 0. The zero-order valence-electron chi connectivity index (χ0n) is 7.63.